The summed E-state index contributed by atoms with van der Waals surface area (Å²) in [5.74, 6) is 0. The van der Waals surface area contributed by atoms with Gasteiger partial charge in [-0.2, -0.15) is 0 Å². The standard InChI is InChI=1S/C9H28Si4.C4H14OSi2/c1-11(2,3)10(12(4,5)6)13(7,8)9;1-6-5-7(2,3)4/h10H,1-9H3;6H2,1-4H3. The molecule has 0 radical (unpaired) electrons. The quantitative estimate of drug-likeness (QED) is 0.639. The average Bonchev–Trinajstić information content (AvgIpc) is 1.90. The van der Waals surface area contributed by atoms with Crippen molar-refractivity contribution in [1.82, 2.24) is 0 Å². The van der Waals surface area contributed by atoms with Gasteiger partial charge >= 0.3 is 0 Å². The van der Waals surface area contributed by atoms with Crippen LogP contribution in [0.15, 0.2) is 0 Å². The zero-order valence-corrected chi connectivity index (χ0v) is 23.3. The van der Waals surface area contributed by atoms with E-state index in [0.29, 0.717) is 0 Å². The molecule has 0 saturated carbocycles. The Bertz CT molecular complexity index is 233. The summed E-state index contributed by atoms with van der Waals surface area (Å²) in [6.07, 6.45) is 0. The molecule has 0 bridgehead atoms. The van der Waals surface area contributed by atoms with Crippen LogP contribution in [0.1, 0.15) is 0 Å². The fourth-order valence-corrected chi connectivity index (χ4v) is 109. The third-order valence-corrected chi connectivity index (χ3v) is 75.3. The predicted molar refractivity (Wildman–Crippen MR) is 116 cm³/mol. The number of hydrogen-bond acceptors (Lipinski definition) is 1. The SMILES string of the molecule is C[SiH2]O[Si](C)(C)C.C[Si](C)(C)[SiH]([Si](C)(C)C)[Si](C)(C)C. The highest BCUT2D eigenvalue weighted by Gasteiger charge is 2.46. The zero-order chi connectivity index (χ0) is 17.0. The van der Waals surface area contributed by atoms with Crippen LogP contribution in [0.2, 0.25) is 85.1 Å². The van der Waals surface area contributed by atoms with Gasteiger partial charge in [-0.25, -0.2) is 0 Å². The maximum absolute atomic E-state index is 5.51. The highest BCUT2D eigenvalue weighted by atomic mass is 29.9. The van der Waals surface area contributed by atoms with Crippen LogP contribution in [0.3, 0.4) is 0 Å². The lowest BCUT2D eigenvalue weighted by molar-refractivity contribution is 0.603. The summed E-state index contributed by atoms with van der Waals surface area (Å²) in [5.41, 5.74) is 0. The molecule has 0 atom stereocenters. The fraction of sp³-hybridized carbons (Fsp3) is 1.00. The Labute approximate surface area is 137 Å². The first kappa shape index (κ1) is 23.5. The minimum atomic E-state index is -1.10. The van der Waals surface area contributed by atoms with Crippen LogP contribution in [-0.2, 0) is 4.12 Å². The molecule has 0 unspecified atom stereocenters. The van der Waals surface area contributed by atoms with Crippen molar-refractivity contribution < 1.29 is 4.12 Å². The van der Waals surface area contributed by atoms with Crippen molar-refractivity contribution in [2.45, 2.75) is 85.1 Å². The third kappa shape index (κ3) is 11.9. The summed E-state index contributed by atoms with van der Waals surface area (Å²) in [7, 11) is -3.99. The second-order valence-electron chi connectivity index (χ2n) is 10.1. The van der Waals surface area contributed by atoms with Gasteiger partial charge in [0.05, 0.1) is 0 Å². The first-order valence-corrected chi connectivity index (χ1v) is 29.4. The highest BCUT2D eigenvalue weighted by molar-refractivity contribution is 7.81. The van der Waals surface area contributed by atoms with E-state index in [4.69, 9.17) is 4.12 Å². The Balaban J connectivity index is 0. The molecule has 7 heteroatoms. The zero-order valence-electron chi connectivity index (χ0n) is 16.7. The maximum atomic E-state index is 5.51. The summed E-state index contributed by atoms with van der Waals surface area (Å²) in [5, 5.41) is 0. The van der Waals surface area contributed by atoms with E-state index in [0.717, 1.165) is 0 Å². The van der Waals surface area contributed by atoms with Gasteiger partial charge < -0.3 is 4.12 Å². The molecule has 0 aromatic heterocycles. The van der Waals surface area contributed by atoms with Crippen LogP contribution in [0.25, 0.3) is 0 Å². The van der Waals surface area contributed by atoms with Crippen LogP contribution in [0, 0.1) is 0 Å². The molecule has 0 heterocycles. The van der Waals surface area contributed by atoms with Crippen LogP contribution < -0.4 is 0 Å². The van der Waals surface area contributed by atoms with Crippen molar-refractivity contribution in [2.75, 3.05) is 0 Å². The van der Waals surface area contributed by atoms with Gasteiger partial charge in [-0.3, -0.25) is 0 Å². The first-order valence-electron chi connectivity index (χ1n) is 8.07. The second-order valence-corrected chi connectivity index (χ2v) is 57.1. The van der Waals surface area contributed by atoms with Crippen molar-refractivity contribution >= 4 is 48.2 Å². The third-order valence-electron chi connectivity index (χ3n) is 3.18. The maximum Gasteiger partial charge on any atom is 0.169 e. The Morgan fingerprint density at radius 2 is 0.850 bits per heavy atom. The predicted octanol–water partition coefficient (Wildman–Crippen LogP) is 4.43. The average molecular weight is 383 g/mol. The monoisotopic (exact) mass is 382 g/mol. The van der Waals surface area contributed by atoms with Crippen molar-refractivity contribution in [3.8, 4) is 0 Å². The summed E-state index contributed by atoms with van der Waals surface area (Å²) < 4.78 is 5.51. The second kappa shape index (κ2) is 8.21. The van der Waals surface area contributed by atoms with E-state index in [9.17, 15) is 0 Å². The largest absolute Gasteiger partial charge is 0.461 e. The molecule has 0 rings (SSSR count). The molecule has 0 aliphatic heterocycles. The summed E-state index contributed by atoms with van der Waals surface area (Å²) in [6, 6.07) is 0. The van der Waals surface area contributed by atoms with Gasteiger partial charge in [0.1, 0.15) is 9.76 Å². The molecule has 124 valence electrons. The fourth-order valence-electron chi connectivity index (χ4n) is 4.33. The molecule has 0 amide bonds. The van der Waals surface area contributed by atoms with Gasteiger partial charge in [-0.1, -0.05) is 65.5 Å². The van der Waals surface area contributed by atoms with Crippen LogP contribution in [0.4, 0.5) is 0 Å². The van der Waals surface area contributed by atoms with E-state index < -0.39 is 31.1 Å². The molecule has 0 aromatic carbocycles. The van der Waals surface area contributed by atoms with Crippen LogP contribution in [-0.4, -0.2) is 48.2 Å². The van der Waals surface area contributed by atoms with E-state index in [2.05, 4.69) is 85.1 Å². The number of hydrogen-bond donors (Lipinski definition) is 0. The minimum absolute atomic E-state index is 0.128. The Kier molecular flexibility index (Phi) is 9.66. The normalized spacial score (nSPS) is 14.7. The van der Waals surface area contributed by atoms with Crippen molar-refractivity contribution in [1.29, 1.82) is 0 Å². The molecule has 0 aliphatic carbocycles. The van der Waals surface area contributed by atoms with Gasteiger partial charge in [0.2, 0.25) is 0 Å². The molecule has 0 N–H and O–H groups in total. The number of rotatable bonds is 5. The summed E-state index contributed by atoms with van der Waals surface area (Å²) in [4.78, 5) is 0. The lowest BCUT2D eigenvalue weighted by Gasteiger charge is -2.45. The Hall–Kier alpha value is 1.26. The van der Waals surface area contributed by atoms with Gasteiger partial charge in [0.15, 0.2) is 8.32 Å². The molecule has 0 spiro atoms. The lowest BCUT2D eigenvalue weighted by Crippen LogP contribution is -2.70. The van der Waals surface area contributed by atoms with Gasteiger partial charge in [-0.05, 0) is 19.6 Å². The smallest absolute Gasteiger partial charge is 0.169 e. The van der Waals surface area contributed by atoms with Crippen molar-refractivity contribution in [3.63, 3.8) is 0 Å². The molecule has 0 fully saturated rings. The Morgan fingerprint density at radius 3 is 0.850 bits per heavy atom. The van der Waals surface area contributed by atoms with Gasteiger partial charge in [-0.15, -0.1) is 0 Å². The molecule has 0 aromatic rings. The van der Waals surface area contributed by atoms with Crippen LogP contribution in [0.5, 0.6) is 0 Å². The van der Waals surface area contributed by atoms with Crippen molar-refractivity contribution in [3.05, 3.63) is 0 Å². The molecule has 20 heavy (non-hydrogen) atoms. The molecular weight excluding hydrogens is 341 g/mol. The summed E-state index contributed by atoms with van der Waals surface area (Å²) >= 11 is 0. The molecule has 0 saturated heterocycles. The summed E-state index contributed by atoms with van der Waals surface area (Å²) in [6.45, 7) is 32.5. The molecular formula is C13H42OSi6. The van der Waals surface area contributed by atoms with E-state index in [1.54, 1.807) is 0 Å². The lowest BCUT2D eigenvalue weighted by atomic mass is 11.8. The topological polar surface area (TPSA) is 9.23 Å². The van der Waals surface area contributed by atoms with Crippen LogP contribution >= 0.6 is 0 Å². The van der Waals surface area contributed by atoms with E-state index >= 15 is 0 Å². The molecule has 1 nitrogen and oxygen atoms in total. The van der Waals surface area contributed by atoms with E-state index in [1.165, 1.54) is 0 Å². The van der Waals surface area contributed by atoms with Gasteiger partial charge in [0, 0.05) is 30.1 Å². The van der Waals surface area contributed by atoms with E-state index in [-0.39, 0.29) is 17.1 Å². The van der Waals surface area contributed by atoms with Gasteiger partial charge in [0.25, 0.3) is 0 Å². The van der Waals surface area contributed by atoms with E-state index in [1.807, 2.05) is 0 Å². The first-order chi connectivity index (χ1) is 8.43. The van der Waals surface area contributed by atoms with Crippen molar-refractivity contribution in [2.24, 2.45) is 0 Å². The minimum Gasteiger partial charge on any atom is -0.461 e. The highest BCUT2D eigenvalue weighted by Crippen LogP contribution is 2.25. The Morgan fingerprint density at radius 1 is 0.600 bits per heavy atom. The molecule has 0 aliphatic rings.